The molecule has 0 bridgehead atoms. The Hall–Kier alpha value is -7.23. The number of pyridine rings is 1. The Morgan fingerprint density at radius 3 is 1.82 bits per heavy atom. The second kappa shape index (κ2) is 11.4. The molecule has 3 heteroatoms. The smallest absolute Gasteiger partial charge is 0.138 e. The Bertz CT molecular complexity index is 3070. The minimum Gasteiger partial charge on any atom is -0.457 e. The number of rotatable bonds is 3. The minimum absolute atomic E-state index is 0.580. The molecule has 256 valence electrons. The molecule has 0 unspecified atom stereocenters. The molecule has 0 atom stereocenters. The van der Waals surface area contributed by atoms with Gasteiger partial charge in [0.1, 0.15) is 17.3 Å². The average molecular weight is 701 g/mol. The maximum atomic E-state index is 6.98. The average Bonchev–Trinajstić information content (AvgIpc) is 3.74. The van der Waals surface area contributed by atoms with Crippen LogP contribution in [-0.2, 0) is 5.41 Å². The largest absolute Gasteiger partial charge is 0.457 e. The van der Waals surface area contributed by atoms with Gasteiger partial charge in [-0.1, -0.05) is 164 Å². The van der Waals surface area contributed by atoms with Crippen molar-refractivity contribution in [1.29, 1.82) is 0 Å². The topological polar surface area (TPSA) is 27.1 Å². The number of benzene rings is 8. The first-order valence-electron chi connectivity index (χ1n) is 18.9. The van der Waals surface area contributed by atoms with Crippen LogP contribution in [0.5, 0.6) is 11.5 Å². The summed E-state index contributed by atoms with van der Waals surface area (Å²) in [6.07, 6.45) is 0. The van der Waals surface area contributed by atoms with Gasteiger partial charge in [0.15, 0.2) is 0 Å². The molecule has 0 radical (unpaired) electrons. The number of hydrogen-bond donors (Lipinski definition) is 0. The number of hydrogen-bond acceptors (Lipinski definition) is 2. The van der Waals surface area contributed by atoms with Crippen molar-refractivity contribution in [3.8, 4) is 50.8 Å². The normalized spacial score (nSPS) is 13.4. The molecule has 12 rings (SSSR count). The summed E-state index contributed by atoms with van der Waals surface area (Å²) in [6, 6.07) is 70.0. The molecule has 2 aromatic heterocycles. The number of nitrogens with zero attached hydrogens (tertiary/aromatic N) is 2. The quantitative estimate of drug-likeness (QED) is 0.183. The van der Waals surface area contributed by atoms with Crippen LogP contribution < -0.4 is 4.74 Å². The Morgan fingerprint density at radius 2 is 1.05 bits per heavy atom. The van der Waals surface area contributed by atoms with Gasteiger partial charge in [-0.2, -0.15) is 0 Å². The van der Waals surface area contributed by atoms with Crippen molar-refractivity contribution in [2.75, 3.05) is 0 Å². The van der Waals surface area contributed by atoms with Gasteiger partial charge in [-0.05, 0) is 69.1 Å². The predicted octanol–water partition coefficient (Wildman–Crippen LogP) is 13.1. The minimum atomic E-state index is -0.580. The van der Waals surface area contributed by atoms with Gasteiger partial charge < -0.3 is 4.74 Å². The van der Waals surface area contributed by atoms with Crippen LogP contribution in [0.3, 0.4) is 0 Å². The lowest BCUT2D eigenvalue weighted by Gasteiger charge is -2.39. The van der Waals surface area contributed by atoms with Crippen LogP contribution in [0.25, 0.3) is 71.9 Å². The van der Waals surface area contributed by atoms with Gasteiger partial charge in [0.2, 0.25) is 0 Å². The summed E-state index contributed by atoms with van der Waals surface area (Å²) in [5, 5.41) is 4.65. The predicted molar refractivity (Wildman–Crippen MR) is 224 cm³/mol. The highest BCUT2D eigenvalue weighted by molar-refractivity contribution is 6.19. The second-order valence-corrected chi connectivity index (χ2v) is 14.7. The fourth-order valence-corrected chi connectivity index (χ4v) is 9.55. The zero-order chi connectivity index (χ0) is 36.1. The van der Waals surface area contributed by atoms with E-state index in [-0.39, 0.29) is 0 Å². The fraction of sp³-hybridized carbons (Fsp3) is 0.0192. The highest BCUT2D eigenvalue weighted by atomic mass is 16.5. The van der Waals surface area contributed by atoms with Gasteiger partial charge in [-0.3, -0.25) is 4.57 Å². The first kappa shape index (κ1) is 30.3. The zero-order valence-electron chi connectivity index (χ0n) is 29.8. The van der Waals surface area contributed by atoms with Crippen molar-refractivity contribution in [3.63, 3.8) is 0 Å². The lowest BCUT2D eigenvalue weighted by Crippen LogP contribution is -2.32. The van der Waals surface area contributed by atoms with Crippen molar-refractivity contribution in [2.24, 2.45) is 0 Å². The molecule has 10 aromatic rings. The van der Waals surface area contributed by atoms with E-state index in [1.807, 2.05) is 0 Å². The van der Waals surface area contributed by atoms with Crippen LogP contribution in [0.15, 0.2) is 194 Å². The van der Waals surface area contributed by atoms with Gasteiger partial charge >= 0.3 is 0 Å². The molecular weight excluding hydrogens is 669 g/mol. The van der Waals surface area contributed by atoms with Crippen LogP contribution >= 0.6 is 0 Å². The van der Waals surface area contributed by atoms with Crippen LogP contribution in [0, 0.1) is 0 Å². The van der Waals surface area contributed by atoms with Crippen molar-refractivity contribution in [1.82, 2.24) is 9.55 Å². The van der Waals surface area contributed by atoms with Gasteiger partial charge in [-0.15, -0.1) is 0 Å². The fourth-order valence-electron chi connectivity index (χ4n) is 9.55. The molecule has 8 aromatic carbocycles. The summed E-state index contributed by atoms with van der Waals surface area (Å²) in [7, 11) is 0. The Morgan fingerprint density at radius 1 is 0.418 bits per heavy atom. The molecule has 0 amide bonds. The lowest BCUT2D eigenvalue weighted by molar-refractivity contribution is 0.437. The molecule has 2 aliphatic rings. The van der Waals surface area contributed by atoms with Crippen LogP contribution in [0.1, 0.15) is 22.3 Å². The SMILES string of the molecule is c1ccc(-c2cc(-c3ccccc3)nc(-n3c4cc5c(cc4c4ccc6ccccc6c43)Oc3ccccc3C53c4ccccc4-c4ccccc43)c2)cc1. The van der Waals surface area contributed by atoms with Gasteiger partial charge in [0.05, 0.1) is 22.1 Å². The maximum Gasteiger partial charge on any atom is 0.138 e. The van der Waals surface area contributed by atoms with Crippen molar-refractivity contribution < 1.29 is 4.74 Å². The number of aromatic nitrogens is 2. The molecule has 55 heavy (non-hydrogen) atoms. The first-order chi connectivity index (χ1) is 27.3. The Kier molecular flexibility index (Phi) is 6.26. The van der Waals surface area contributed by atoms with E-state index < -0.39 is 5.41 Å². The van der Waals surface area contributed by atoms with E-state index in [4.69, 9.17) is 9.72 Å². The third kappa shape index (κ3) is 4.18. The van der Waals surface area contributed by atoms with Crippen LogP contribution in [0.4, 0.5) is 0 Å². The lowest BCUT2D eigenvalue weighted by atomic mass is 9.66. The van der Waals surface area contributed by atoms with E-state index in [9.17, 15) is 0 Å². The highest BCUT2D eigenvalue weighted by Gasteiger charge is 2.51. The summed E-state index contributed by atoms with van der Waals surface area (Å²) in [5.74, 6) is 2.63. The summed E-state index contributed by atoms with van der Waals surface area (Å²) in [5.41, 5.74) is 13.3. The third-order valence-electron chi connectivity index (χ3n) is 11.8. The summed E-state index contributed by atoms with van der Waals surface area (Å²) in [4.78, 5) is 5.52. The van der Waals surface area contributed by atoms with Crippen molar-refractivity contribution in [2.45, 2.75) is 5.41 Å². The van der Waals surface area contributed by atoms with Crippen molar-refractivity contribution in [3.05, 3.63) is 216 Å². The molecule has 3 heterocycles. The van der Waals surface area contributed by atoms with Crippen LogP contribution in [-0.4, -0.2) is 9.55 Å². The first-order valence-corrected chi connectivity index (χ1v) is 18.9. The summed E-state index contributed by atoms with van der Waals surface area (Å²) in [6.45, 7) is 0. The highest BCUT2D eigenvalue weighted by Crippen LogP contribution is 2.62. The molecule has 1 aliphatic carbocycles. The van der Waals surface area contributed by atoms with Gasteiger partial charge in [0, 0.05) is 32.8 Å². The molecule has 0 fully saturated rings. The maximum absolute atomic E-state index is 6.98. The molecule has 0 N–H and O–H groups in total. The van der Waals surface area contributed by atoms with E-state index in [2.05, 4.69) is 199 Å². The zero-order valence-corrected chi connectivity index (χ0v) is 29.8. The van der Waals surface area contributed by atoms with Crippen molar-refractivity contribution >= 4 is 32.6 Å². The summed E-state index contributed by atoms with van der Waals surface area (Å²) < 4.78 is 9.39. The van der Waals surface area contributed by atoms with Crippen LogP contribution in [0.2, 0.25) is 0 Å². The van der Waals surface area contributed by atoms with E-state index in [0.29, 0.717) is 0 Å². The number of fused-ring (bicyclic) bond motifs is 14. The van der Waals surface area contributed by atoms with Gasteiger partial charge in [-0.25, -0.2) is 4.98 Å². The van der Waals surface area contributed by atoms with E-state index in [0.717, 1.165) is 72.6 Å². The standard InChI is InChI=1S/C52H32N2O/c1-3-15-33(16-4-1)36-29-46(35-18-5-2-6-19-35)53-50(30-36)54-47-32-45-49(31-41(47)40-28-27-34-17-7-8-20-37(34)51(40)54)55-48-26-14-13-25-44(48)52(45)42-23-11-9-21-38(42)39-22-10-12-24-43(39)52/h1-32H. The Labute approximate surface area is 318 Å². The number of ether oxygens (including phenoxy) is 1. The number of para-hydroxylation sites is 1. The van der Waals surface area contributed by atoms with E-state index in [1.54, 1.807) is 0 Å². The molecule has 1 aliphatic heterocycles. The monoisotopic (exact) mass is 700 g/mol. The molecule has 0 saturated heterocycles. The molecule has 0 saturated carbocycles. The second-order valence-electron chi connectivity index (χ2n) is 14.7. The van der Waals surface area contributed by atoms with E-state index in [1.165, 1.54) is 33.0 Å². The Balaban J connectivity index is 1.25. The molecule has 1 spiro atoms. The third-order valence-corrected chi connectivity index (χ3v) is 11.8. The van der Waals surface area contributed by atoms with E-state index >= 15 is 0 Å². The van der Waals surface area contributed by atoms with Gasteiger partial charge in [0.25, 0.3) is 0 Å². The molecular formula is C52H32N2O. The summed E-state index contributed by atoms with van der Waals surface area (Å²) >= 11 is 0. The molecule has 3 nitrogen and oxygen atoms in total.